The first-order valence-corrected chi connectivity index (χ1v) is 10.0. The molecule has 0 unspecified atom stereocenters. The third kappa shape index (κ3) is 3.81. The van der Waals surface area contributed by atoms with E-state index < -0.39 is 5.25 Å². The van der Waals surface area contributed by atoms with Crippen LogP contribution in [-0.2, 0) is 4.79 Å². The van der Waals surface area contributed by atoms with E-state index in [9.17, 15) is 4.79 Å². The fraction of sp³-hybridized carbons (Fsp3) is 0.200. The molecule has 4 rings (SSSR count). The first-order chi connectivity index (χ1) is 13.9. The van der Waals surface area contributed by atoms with Crippen LogP contribution < -0.4 is 11.2 Å². The number of hydrogen-bond acceptors (Lipinski definition) is 6. The Kier molecular flexibility index (Phi) is 4.98. The molecule has 2 aromatic heterocycles. The van der Waals surface area contributed by atoms with Gasteiger partial charge in [0.05, 0.1) is 10.9 Å². The first-order valence-electron chi connectivity index (χ1n) is 9.13. The zero-order chi connectivity index (χ0) is 20.5. The van der Waals surface area contributed by atoms with Crippen molar-refractivity contribution in [2.24, 2.45) is 0 Å². The number of carbonyl (C=O) groups is 1. The fourth-order valence-electron chi connectivity index (χ4n) is 3.05. The second kappa shape index (κ2) is 7.59. The Bertz CT molecular complexity index is 1200. The number of rotatable bonds is 5. The summed E-state index contributed by atoms with van der Waals surface area (Å²) >= 11 is 1.24. The van der Waals surface area contributed by atoms with Crippen LogP contribution in [0.25, 0.3) is 16.7 Å². The van der Waals surface area contributed by atoms with E-state index in [0.29, 0.717) is 11.1 Å². The van der Waals surface area contributed by atoms with Crippen molar-refractivity contribution in [2.75, 3.05) is 11.2 Å². The predicted octanol–water partition coefficient (Wildman–Crippen LogP) is 3.07. The molecule has 9 heteroatoms. The van der Waals surface area contributed by atoms with Crippen LogP contribution >= 0.6 is 11.8 Å². The maximum absolute atomic E-state index is 12.7. The highest BCUT2D eigenvalue weighted by Gasteiger charge is 2.21. The van der Waals surface area contributed by atoms with Gasteiger partial charge in [-0.2, -0.15) is 5.10 Å². The zero-order valence-electron chi connectivity index (χ0n) is 16.3. The number of aromatic nitrogens is 5. The summed E-state index contributed by atoms with van der Waals surface area (Å²) < 4.78 is 2.98. The number of benzene rings is 2. The Morgan fingerprint density at radius 3 is 2.59 bits per heavy atom. The summed E-state index contributed by atoms with van der Waals surface area (Å²) in [5.74, 6) is 6.42. The van der Waals surface area contributed by atoms with Crippen molar-refractivity contribution in [1.29, 1.82) is 0 Å². The number of aryl methyl sites for hydroxylation is 2. The van der Waals surface area contributed by atoms with Gasteiger partial charge in [-0.3, -0.25) is 4.79 Å². The lowest BCUT2D eigenvalue weighted by Crippen LogP contribution is -2.24. The molecule has 29 heavy (non-hydrogen) atoms. The van der Waals surface area contributed by atoms with E-state index in [-0.39, 0.29) is 5.91 Å². The fourth-order valence-corrected chi connectivity index (χ4v) is 3.81. The van der Waals surface area contributed by atoms with Crippen LogP contribution in [-0.4, -0.2) is 35.8 Å². The van der Waals surface area contributed by atoms with Gasteiger partial charge in [0.25, 0.3) is 5.95 Å². The molecular formula is C20H21N7OS. The number of hydrogen-bond donors (Lipinski definition) is 2. The molecule has 0 radical (unpaired) electrons. The molecule has 1 atom stereocenters. The average molecular weight is 408 g/mol. The minimum atomic E-state index is -0.415. The molecule has 2 aromatic carbocycles. The summed E-state index contributed by atoms with van der Waals surface area (Å²) in [6, 6.07) is 15.8. The van der Waals surface area contributed by atoms with Gasteiger partial charge in [0.2, 0.25) is 11.1 Å². The lowest BCUT2D eigenvalue weighted by Gasteiger charge is -2.12. The lowest BCUT2D eigenvalue weighted by atomic mass is 10.1. The van der Waals surface area contributed by atoms with Crippen molar-refractivity contribution in [3.8, 4) is 5.95 Å². The highest BCUT2D eigenvalue weighted by molar-refractivity contribution is 8.00. The van der Waals surface area contributed by atoms with E-state index in [4.69, 9.17) is 5.84 Å². The van der Waals surface area contributed by atoms with E-state index >= 15 is 0 Å². The smallest absolute Gasteiger partial charge is 0.271 e. The van der Waals surface area contributed by atoms with E-state index in [1.165, 1.54) is 16.4 Å². The third-order valence-electron chi connectivity index (χ3n) is 4.51. The maximum atomic E-state index is 12.7. The van der Waals surface area contributed by atoms with Crippen LogP contribution in [0.5, 0.6) is 0 Å². The van der Waals surface area contributed by atoms with Crippen LogP contribution in [0.2, 0.25) is 0 Å². The Balaban J connectivity index is 1.48. The second-order valence-electron chi connectivity index (χ2n) is 6.80. The van der Waals surface area contributed by atoms with Crippen LogP contribution in [0.3, 0.4) is 0 Å². The van der Waals surface area contributed by atoms with Gasteiger partial charge in [0, 0.05) is 11.4 Å². The molecule has 0 fully saturated rings. The zero-order valence-corrected chi connectivity index (χ0v) is 17.1. The standard InChI is InChI=1S/C20H21N7OS/c1-12-10-13(2)27(25-12)19-23-24-20(26(19)21)29-14(3)18(28)22-17-9-8-15-6-4-5-7-16(15)11-17/h4-11,14H,21H2,1-3H3,(H,22,28)/t14-/m0/s1. The summed E-state index contributed by atoms with van der Waals surface area (Å²) in [4.78, 5) is 12.7. The number of nitrogens with zero attached hydrogens (tertiary/aromatic N) is 5. The van der Waals surface area contributed by atoms with Gasteiger partial charge in [0.15, 0.2) is 0 Å². The van der Waals surface area contributed by atoms with Crippen molar-refractivity contribution in [3.63, 3.8) is 0 Å². The van der Waals surface area contributed by atoms with Crippen LogP contribution in [0.15, 0.2) is 53.7 Å². The summed E-state index contributed by atoms with van der Waals surface area (Å²) in [5, 5.41) is 17.8. The quantitative estimate of drug-likeness (QED) is 0.389. The molecule has 0 aliphatic carbocycles. The number of carbonyl (C=O) groups excluding carboxylic acids is 1. The Morgan fingerprint density at radius 1 is 1.10 bits per heavy atom. The molecule has 0 aliphatic rings. The Morgan fingerprint density at radius 2 is 1.86 bits per heavy atom. The van der Waals surface area contributed by atoms with E-state index in [1.54, 1.807) is 11.6 Å². The summed E-state index contributed by atoms with van der Waals surface area (Å²) in [6.07, 6.45) is 0. The number of anilines is 1. The molecule has 0 saturated heterocycles. The number of nitrogen functional groups attached to an aromatic ring is 1. The van der Waals surface area contributed by atoms with Crippen LogP contribution in [0.4, 0.5) is 5.69 Å². The summed E-state index contributed by atoms with van der Waals surface area (Å²) in [6.45, 7) is 5.62. The van der Waals surface area contributed by atoms with Crippen molar-refractivity contribution < 1.29 is 4.79 Å². The predicted molar refractivity (Wildman–Crippen MR) is 115 cm³/mol. The minimum absolute atomic E-state index is 0.138. The molecule has 1 amide bonds. The number of nitrogens with two attached hydrogens (primary N) is 1. The van der Waals surface area contributed by atoms with Gasteiger partial charge in [-0.25, -0.2) is 9.36 Å². The normalized spacial score (nSPS) is 12.2. The van der Waals surface area contributed by atoms with Crippen LogP contribution in [0.1, 0.15) is 18.3 Å². The molecule has 0 aliphatic heterocycles. The van der Waals surface area contributed by atoms with Crippen molar-refractivity contribution in [1.82, 2.24) is 24.7 Å². The molecular weight excluding hydrogens is 386 g/mol. The molecule has 0 saturated carbocycles. The van der Waals surface area contributed by atoms with Gasteiger partial charge in [0.1, 0.15) is 0 Å². The van der Waals surface area contributed by atoms with E-state index in [1.807, 2.05) is 62.4 Å². The van der Waals surface area contributed by atoms with Crippen LogP contribution in [0, 0.1) is 13.8 Å². The topological polar surface area (TPSA) is 104 Å². The summed E-state index contributed by atoms with van der Waals surface area (Å²) in [5.41, 5.74) is 2.52. The molecule has 148 valence electrons. The third-order valence-corrected chi connectivity index (χ3v) is 5.57. The van der Waals surface area contributed by atoms with E-state index in [2.05, 4.69) is 20.6 Å². The SMILES string of the molecule is Cc1cc(C)n(-c2nnc(S[C@@H](C)C(=O)Nc3ccc4ccccc4c3)n2N)n1. The van der Waals surface area contributed by atoms with Gasteiger partial charge < -0.3 is 11.2 Å². The maximum Gasteiger partial charge on any atom is 0.271 e. The highest BCUT2D eigenvalue weighted by Crippen LogP contribution is 2.24. The van der Waals surface area contributed by atoms with Crippen molar-refractivity contribution in [2.45, 2.75) is 31.2 Å². The number of fused-ring (bicyclic) bond motifs is 1. The van der Waals surface area contributed by atoms with Crippen molar-refractivity contribution in [3.05, 3.63) is 59.9 Å². The molecule has 0 spiro atoms. The Labute approximate surface area is 172 Å². The molecule has 4 aromatic rings. The lowest BCUT2D eigenvalue weighted by molar-refractivity contribution is -0.115. The highest BCUT2D eigenvalue weighted by atomic mass is 32.2. The molecule has 8 nitrogen and oxygen atoms in total. The number of amides is 1. The summed E-state index contributed by atoms with van der Waals surface area (Å²) in [7, 11) is 0. The van der Waals surface area contributed by atoms with Crippen molar-refractivity contribution >= 4 is 34.1 Å². The van der Waals surface area contributed by atoms with Gasteiger partial charge >= 0.3 is 0 Å². The van der Waals surface area contributed by atoms with Gasteiger partial charge in [-0.1, -0.05) is 42.1 Å². The Hall–Kier alpha value is -3.33. The molecule has 2 heterocycles. The van der Waals surface area contributed by atoms with Gasteiger partial charge in [-0.15, -0.1) is 10.2 Å². The first kappa shape index (κ1) is 19.0. The average Bonchev–Trinajstić information content (AvgIpc) is 3.22. The minimum Gasteiger partial charge on any atom is -0.334 e. The van der Waals surface area contributed by atoms with E-state index in [0.717, 1.165) is 27.8 Å². The molecule has 3 N–H and O–H groups in total. The van der Waals surface area contributed by atoms with Gasteiger partial charge in [-0.05, 0) is 49.7 Å². The molecule has 0 bridgehead atoms. The largest absolute Gasteiger partial charge is 0.334 e. The second-order valence-corrected chi connectivity index (χ2v) is 8.11. The number of thioether (sulfide) groups is 1. The number of nitrogens with one attached hydrogen (secondary N) is 1. The monoisotopic (exact) mass is 407 g/mol.